The van der Waals surface area contributed by atoms with Gasteiger partial charge in [-0.25, -0.2) is 4.98 Å². The minimum absolute atomic E-state index is 0.296. The number of aliphatic hydroxyl groups is 1. The standard InChI is InChI=1S/C18H29N3OS/c1-6-9-20(5)12-16-19-15(13-23-16)18(22)7-10-21(11-8-18)14-17(2,3)4/h1,13,22H,7-12,14H2,2-5H3. The van der Waals surface area contributed by atoms with Crippen molar-refractivity contribution < 1.29 is 5.11 Å². The summed E-state index contributed by atoms with van der Waals surface area (Å²) in [4.78, 5) is 9.17. The highest BCUT2D eigenvalue weighted by Gasteiger charge is 2.36. The van der Waals surface area contributed by atoms with E-state index in [0.717, 1.165) is 49.7 Å². The molecule has 0 bridgehead atoms. The van der Waals surface area contributed by atoms with E-state index in [-0.39, 0.29) is 0 Å². The average molecular weight is 336 g/mol. The maximum absolute atomic E-state index is 11.0. The van der Waals surface area contributed by atoms with Gasteiger partial charge < -0.3 is 10.0 Å². The van der Waals surface area contributed by atoms with E-state index in [2.05, 4.69) is 41.5 Å². The first-order valence-electron chi connectivity index (χ1n) is 8.23. The van der Waals surface area contributed by atoms with Crippen molar-refractivity contribution in [1.82, 2.24) is 14.8 Å². The summed E-state index contributed by atoms with van der Waals surface area (Å²) in [6.45, 7) is 11.0. The Kier molecular flexibility index (Phi) is 5.85. The van der Waals surface area contributed by atoms with Crippen LogP contribution >= 0.6 is 11.3 Å². The minimum Gasteiger partial charge on any atom is -0.383 e. The van der Waals surface area contributed by atoms with Crippen molar-refractivity contribution in [2.45, 2.75) is 45.8 Å². The highest BCUT2D eigenvalue weighted by atomic mass is 32.1. The normalized spacial score (nSPS) is 19.0. The summed E-state index contributed by atoms with van der Waals surface area (Å²) < 4.78 is 0. The van der Waals surface area contributed by atoms with Crippen LogP contribution in [0.25, 0.3) is 0 Å². The maximum atomic E-state index is 11.0. The average Bonchev–Trinajstić information content (AvgIpc) is 2.89. The molecule has 0 atom stereocenters. The summed E-state index contributed by atoms with van der Waals surface area (Å²) in [5, 5.41) is 14.0. The summed E-state index contributed by atoms with van der Waals surface area (Å²) in [7, 11) is 1.99. The van der Waals surface area contributed by atoms with Crippen molar-refractivity contribution in [1.29, 1.82) is 0 Å². The van der Waals surface area contributed by atoms with Gasteiger partial charge in [0.1, 0.15) is 10.6 Å². The third kappa shape index (κ3) is 5.29. The Labute approximate surface area is 144 Å². The van der Waals surface area contributed by atoms with Crippen LogP contribution in [0.3, 0.4) is 0 Å². The molecule has 2 heterocycles. The van der Waals surface area contributed by atoms with Crippen molar-refractivity contribution in [2.24, 2.45) is 5.41 Å². The van der Waals surface area contributed by atoms with Gasteiger partial charge in [-0.05, 0) is 25.3 Å². The van der Waals surface area contributed by atoms with E-state index in [0.29, 0.717) is 12.0 Å². The molecule has 128 valence electrons. The first kappa shape index (κ1) is 18.4. The third-order valence-electron chi connectivity index (χ3n) is 4.18. The Hall–Kier alpha value is -0.930. The lowest BCUT2D eigenvalue weighted by atomic mass is 9.87. The van der Waals surface area contributed by atoms with Crippen LogP contribution in [0.4, 0.5) is 0 Å². The zero-order valence-electron chi connectivity index (χ0n) is 14.8. The molecule has 1 fully saturated rings. The highest BCUT2D eigenvalue weighted by Crippen LogP contribution is 2.34. The van der Waals surface area contributed by atoms with E-state index in [1.54, 1.807) is 11.3 Å². The fraction of sp³-hybridized carbons (Fsp3) is 0.722. The van der Waals surface area contributed by atoms with Crippen molar-refractivity contribution in [2.75, 3.05) is 33.2 Å². The van der Waals surface area contributed by atoms with E-state index in [1.165, 1.54) is 0 Å². The molecule has 0 unspecified atom stereocenters. The van der Waals surface area contributed by atoms with Gasteiger partial charge >= 0.3 is 0 Å². The molecule has 5 heteroatoms. The van der Waals surface area contributed by atoms with Crippen LogP contribution in [0.5, 0.6) is 0 Å². The van der Waals surface area contributed by atoms with Gasteiger partial charge in [0.05, 0.1) is 18.8 Å². The number of nitrogens with zero attached hydrogens (tertiary/aromatic N) is 3. The second-order valence-corrected chi connectivity index (χ2v) is 8.81. The van der Waals surface area contributed by atoms with Gasteiger partial charge in [0.25, 0.3) is 0 Å². The van der Waals surface area contributed by atoms with E-state index in [1.807, 2.05) is 12.4 Å². The minimum atomic E-state index is -0.770. The predicted molar refractivity (Wildman–Crippen MR) is 96.3 cm³/mol. The molecule has 0 aromatic carbocycles. The largest absolute Gasteiger partial charge is 0.383 e. The molecule has 4 nitrogen and oxygen atoms in total. The van der Waals surface area contributed by atoms with Crippen LogP contribution in [0, 0.1) is 17.8 Å². The monoisotopic (exact) mass is 335 g/mol. The van der Waals surface area contributed by atoms with E-state index in [4.69, 9.17) is 6.42 Å². The van der Waals surface area contributed by atoms with Gasteiger partial charge in [0.2, 0.25) is 0 Å². The van der Waals surface area contributed by atoms with E-state index in [9.17, 15) is 5.11 Å². The first-order valence-corrected chi connectivity index (χ1v) is 9.11. The molecule has 0 aliphatic carbocycles. The van der Waals surface area contributed by atoms with Crippen LogP contribution in [0.1, 0.15) is 44.3 Å². The molecule has 0 saturated carbocycles. The second kappa shape index (κ2) is 7.31. The molecule has 1 aliphatic rings. The molecule has 0 radical (unpaired) electrons. The predicted octanol–water partition coefficient (Wildman–Crippen LogP) is 2.54. The quantitative estimate of drug-likeness (QED) is 0.840. The van der Waals surface area contributed by atoms with Gasteiger partial charge in [0.15, 0.2) is 0 Å². The molecular weight excluding hydrogens is 306 g/mol. The summed E-state index contributed by atoms with van der Waals surface area (Å²) in [6.07, 6.45) is 6.84. The molecule has 23 heavy (non-hydrogen) atoms. The number of hydrogen-bond donors (Lipinski definition) is 1. The molecule has 0 amide bonds. The maximum Gasteiger partial charge on any atom is 0.110 e. The van der Waals surface area contributed by atoms with Gasteiger partial charge in [-0.15, -0.1) is 17.8 Å². The number of hydrogen-bond acceptors (Lipinski definition) is 5. The lowest BCUT2D eigenvalue weighted by molar-refractivity contribution is -0.0346. The Morgan fingerprint density at radius 1 is 1.43 bits per heavy atom. The topological polar surface area (TPSA) is 39.6 Å². The van der Waals surface area contributed by atoms with Crippen molar-refractivity contribution >= 4 is 11.3 Å². The smallest absolute Gasteiger partial charge is 0.110 e. The molecule has 1 saturated heterocycles. The second-order valence-electron chi connectivity index (χ2n) is 7.87. The number of piperidine rings is 1. The summed E-state index contributed by atoms with van der Waals surface area (Å²) in [5.41, 5.74) is 0.362. The Morgan fingerprint density at radius 2 is 2.09 bits per heavy atom. The fourth-order valence-electron chi connectivity index (χ4n) is 3.05. The summed E-state index contributed by atoms with van der Waals surface area (Å²) in [6, 6.07) is 0. The number of terminal acetylenes is 1. The van der Waals surface area contributed by atoms with Gasteiger partial charge in [0, 0.05) is 25.0 Å². The number of rotatable bonds is 5. The number of thiazole rings is 1. The Balaban J connectivity index is 1.95. The first-order chi connectivity index (χ1) is 10.7. The lowest BCUT2D eigenvalue weighted by Gasteiger charge is -2.39. The molecule has 2 rings (SSSR count). The molecular formula is C18H29N3OS. The number of aromatic nitrogens is 1. The van der Waals surface area contributed by atoms with Crippen LogP contribution in [-0.4, -0.2) is 53.1 Å². The van der Waals surface area contributed by atoms with Gasteiger partial charge in [-0.3, -0.25) is 4.90 Å². The molecule has 1 aromatic heterocycles. The van der Waals surface area contributed by atoms with Crippen LogP contribution < -0.4 is 0 Å². The highest BCUT2D eigenvalue weighted by molar-refractivity contribution is 7.09. The summed E-state index contributed by atoms with van der Waals surface area (Å²) >= 11 is 1.61. The van der Waals surface area contributed by atoms with Crippen LogP contribution in [-0.2, 0) is 12.1 Å². The van der Waals surface area contributed by atoms with Crippen LogP contribution in [0.2, 0.25) is 0 Å². The third-order valence-corrected chi connectivity index (χ3v) is 5.01. The van der Waals surface area contributed by atoms with Crippen molar-refractivity contribution in [3.05, 3.63) is 16.1 Å². The van der Waals surface area contributed by atoms with E-state index >= 15 is 0 Å². The molecule has 1 aliphatic heterocycles. The SMILES string of the molecule is C#CCN(C)Cc1nc(C2(O)CCN(CC(C)(C)C)CC2)cs1. The van der Waals surface area contributed by atoms with Gasteiger partial charge in [-0.1, -0.05) is 26.7 Å². The fourth-order valence-corrected chi connectivity index (χ4v) is 4.01. The Bertz CT molecular complexity index is 547. The van der Waals surface area contributed by atoms with Crippen molar-refractivity contribution in [3.63, 3.8) is 0 Å². The zero-order valence-corrected chi connectivity index (χ0v) is 15.6. The van der Waals surface area contributed by atoms with Gasteiger partial charge in [-0.2, -0.15) is 0 Å². The van der Waals surface area contributed by atoms with Crippen LogP contribution in [0.15, 0.2) is 5.38 Å². The van der Waals surface area contributed by atoms with E-state index < -0.39 is 5.60 Å². The molecule has 1 N–H and O–H groups in total. The lowest BCUT2D eigenvalue weighted by Crippen LogP contribution is -2.45. The van der Waals surface area contributed by atoms with Crippen molar-refractivity contribution in [3.8, 4) is 12.3 Å². The zero-order chi connectivity index (χ0) is 17.1. The number of likely N-dealkylation sites (tertiary alicyclic amines) is 1. The molecule has 1 aromatic rings. The molecule has 0 spiro atoms. The Morgan fingerprint density at radius 3 is 2.65 bits per heavy atom. The summed E-state index contributed by atoms with van der Waals surface area (Å²) in [5.74, 6) is 2.64.